The van der Waals surface area contributed by atoms with Crippen molar-refractivity contribution >= 4 is 53.4 Å². The van der Waals surface area contributed by atoms with Crippen molar-refractivity contribution in [3.05, 3.63) is 71.3 Å². The third-order valence-corrected chi connectivity index (χ3v) is 16.5. The number of ether oxygens (including phenoxy) is 22. The van der Waals surface area contributed by atoms with Crippen LogP contribution in [0, 0.1) is 0 Å². The van der Waals surface area contributed by atoms with Crippen LogP contribution in [-0.4, -0.2) is 381 Å². The largest absolute Gasteiger partial charge is 0.484 e. The molecule has 3 aromatic carbocycles. The van der Waals surface area contributed by atoms with Gasteiger partial charge >= 0.3 is 23.9 Å². The van der Waals surface area contributed by atoms with Crippen LogP contribution in [0.1, 0.15) is 58.8 Å². The molecule has 0 bridgehead atoms. The Morgan fingerprint density at radius 3 is 0.640 bits per heavy atom. The molecular weight excluding hydrogens is 1500 g/mol. The van der Waals surface area contributed by atoms with Crippen molar-refractivity contribution in [3.63, 3.8) is 0 Å². The highest BCUT2D eigenvalue weighted by Crippen LogP contribution is 2.28. The van der Waals surface area contributed by atoms with Crippen LogP contribution < -0.4 is 33.7 Å². The first-order valence-electron chi connectivity index (χ1n) is 38.6. The molecule has 3 aliphatic rings. The van der Waals surface area contributed by atoms with Gasteiger partial charge in [-0.05, 0) is 64.1 Å². The molecule has 37 heteroatoms. The first kappa shape index (κ1) is 94.0. The summed E-state index contributed by atoms with van der Waals surface area (Å²) in [5.74, 6) is -4.07. The van der Waals surface area contributed by atoms with Gasteiger partial charge in [-0.1, -0.05) is 0 Å². The molecule has 638 valence electrons. The predicted molar refractivity (Wildman–Crippen MR) is 402 cm³/mol. The highest BCUT2D eigenvalue weighted by Gasteiger charge is 2.26. The molecule has 6 rings (SSSR count). The van der Waals surface area contributed by atoms with Crippen LogP contribution in [0.25, 0.3) is 0 Å². The van der Waals surface area contributed by atoms with Crippen LogP contribution in [0.15, 0.2) is 54.6 Å². The highest BCUT2D eigenvalue weighted by molar-refractivity contribution is 5.96. The van der Waals surface area contributed by atoms with E-state index in [9.17, 15) is 43.2 Å². The zero-order valence-electron chi connectivity index (χ0n) is 66.1. The molecule has 5 amide bonds. The molecule has 0 unspecified atom stereocenters. The standard InChI is InChI=1S/C77H114N6O31/c1-5-105-71(86)56-111-65-47-61(48-66(52-65)112-57-72(87)106-6-2)76(91)82-17-29-101-41-37-95-23-11-79(12-24-96-38-42-102-30-18-82)69(84)54-109-63-45-60(75(90)81-15-27-99-35-33-93-21-9-78-10-22-94-34-36-100-28-16-81)46-64(51-63)110-55-70(85)80-13-25-97-39-43-103-31-19-83(20-32-104-44-40-98-26-14-80)77(92)62-49-67(113-58-73(88)107-7-3)53-68(50-62)114-59-74(89)108-8-4/h45-53,78H,5-44,54-59H2,1-4H3. The van der Waals surface area contributed by atoms with E-state index in [1.54, 1.807) is 32.6 Å². The number of benzene rings is 3. The molecule has 114 heavy (non-hydrogen) atoms. The summed E-state index contributed by atoms with van der Waals surface area (Å²) in [5, 5.41) is 3.25. The van der Waals surface area contributed by atoms with Gasteiger partial charge in [0.25, 0.3) is 29.5 Å². The van der Waals surface area contributed by atoms with Gasteiger partial charge in [0.05, 0.1) is 185 Å². The number of nitrogens with one attached hydrogen (secondary N) is 1. The van der Waals surface area contributed by atoms with Crippen molar-refractivity contribution in [1.82, 2.24) is 29.8 Å². The van der Waals surface area contributed by atoms with Gasteiger partial charge in [-0.25, -0.2) is 19.2 Å². The summed E-state index contributed by atoms with van der Waals surface area (Å²) in [5.41, 5.74) is 0.387. The normalized spacial score (nSPS) is 17.4. The van der Waals surface area contributed by atoms with Gasteiger partial charge in [0.2, 0.25) is 0 Å². The topological polar surface area (TPSA) is 385 Å². The average molecular weight is 1620 g/mol. The Kier molecular flexibility index (Phi) is 47.9. The maximum absolute atomic E-state index is 14.8. The van der Waals surface area contributed by atoms with Gasteiger partial charge in [0.1, 0.15) is 34.5 Å². The highest BCUT2D eigenvalue weighted by atomic mass is 16.6. The van der Waals surface area contributed by atoms with E-state index in [0.29, 0.717) is 39.5 Å². The van der Waals surface area contributed by atoms with E-state index in [1.807, 2.05) is 0 Å². The molecule has 0 aliphatic carbocycles. The lowest BCUT2D eigenvalue weighted by atomic mass is 10.1. The number of carbonyl (C=O) groups is 9. The minimum absolute atomic E-state index is 0.0793. The Labute approximate surface area is 664 Å². The lowest BCUT2D eigenvalue weighted by molar-refractivity contribution is -0.146. The molecule has 3 fully saturated rings. The van der Waals surface area contributed by atoms with Crippen LogP contribution in [0.2, 0.25) is 0 Å². The Hall–Kier alpha value is -8.83. The second kappa shape index (κ2) is 58.1. The van der Waals surface area contributed by atoms with E-state index in [4.69, 9.17) is 104 Å². The Bertz CT molecular complexity index is 3000. The molecular formula is C77H114N6O31. The van der Waals surface area contributed by atoms with Gasteiger partial charge in [0, 0.05) is 113 Å². The van der Waals surface area contributed by atoms with E-state index in [0.717, 1.165) is 0 Å². The summed E-state index contributed by atoms with van der Waals surface area (Å²) in [6.07, 6.45) is 0. The fraction of sp³-hybridized carbons (Fsp3) is 0.649. The summed E-state index contributed by atoms with van der Waals surface area (Å²) in [6.45, 7) is 11.5. The molecule has 0 saturated carbocycles. The summed E-state index contributed by atoms with van der Waals surface area (Å²) in [7, 11) is 0. The minimum atomic E-state index is -0.621. The first-order chi connectivity index (χ1) is 55.7. The number of carbonyl (C=O) groups excluding carboxylic acids is 9. The van der Waals surface area contributed by atoms with Crippen molar-refractivity contribution < 1.29 is 147 Å². The van der Waals surface area contributed by atoms with Gasteiger partial charge < -0.3 is 134 Å². The number of hydrogen-bond donors (Lipinski definition) is 1. The third kappa shape index (κ3) is 39.5. The van der Waals surface area contributed by atoms with Crippen molar-refractivity contribution in [2.75, 3.05) is 303 Å². The fourth-order valence-electron chi connectivity index (χ4n) is 10.7. The van der Waals surface area contributed by atoms with Crippen LogP contribution in [0.5, 0.6) is 34.5 Å². The average Bonchev–Trinajstić information content (AvgIpc) is 0.844. The molecule has 0 atom stereocenters. The van der Waals surface area contributed by atoms with Gasteiger partial charge in [-0.15, -0.1) is 0 Å². The second-order valence-electron chi connectivity index (χ2n) is 24.8. The van der Waals surface area contributed by atoms with Crippen LogP contribution in [-0.2, 0) is 105 Å². The number of esters is 4. The first-order valence-corrected chi connectivity index (χ1v) is 38.6. The van der Waals surface area contributed by atoms with E-state index < -0.39 is 93.1 Å². The quantitative estimate of drug-likeness (QED) is 0.0926. The van der Waals surface area contributed by atoms with E-state index in [1.165, 1.54) is 74.2 Å². The van der Waals surface area contributed by atoms with E-state index in [-0.39, 0.29) is 275 Å². The molecule has 3 saturated heterocycles. The molecule has 3 aliphatic heterocycles. The zero-order chi connectivity index (χ0) is 81.4. The number of amides is 5. The molecule has 0 spiro atoms. The number of rotatable bonds is 25. The SMILES string of the molecule is CCOC(=O)COc1cc(OCC(=O)OCC)cc(C(=O)N2CCOCCOCCN(C(=O)COc3cc(OCC(=O)N4CCOCCOCCN(C(=O)c5cc(OCC(=O)OCC)cc(OCC(=O)OCC)c5)CCOCCOCC4)cc(C(=O)N4CCOCCOCCNCCOCCOCC4)c3)CCOCCOCC2)c1. The maximum atomic E-state index is 14.8. The minimum Gasteiger partial charge on any atom is -0.484 e. The summed E-state index contributed by atoms with van der Waals surface area (Å²) in [6, 6.07) is 13.1. The molecule has 0 radical (unpaired) electrons. The van der Waals surface area contributed by atoms with Gasteiger partial charge in [0.15, 0.2) is 39.6 Å². The summed E-state index contributed by atoms with van der Waals surface area (Å²) < 4.78 is 125. The van der Waals surface area contributed by atoms with Gasteiger partial charge in [-0.3, -0.25) is 24.0 Å². The molecule has 3 aromatic rings. The van der Waals surface area contributed by atoms with Crippen molar-refractivity contribution in [2.24, 2.45) is 0 Å². The Morgan fingerprint density at radius 1 is 0.254 bits per heavy atom. The predicted octanol–water partition coefficient (Wildman–Crippen LogP) is 1.43. The Morgan fingerprint density at radius 2 is 0.439 bits per heavy atom. The van der Waals surface area contributed by atoms with Crippen molar-refractivity contribution in [3.8, 4) is 34.5 Å². The van der Waals surface area contributed by atoms with Crippen LogP contribution in [0.3, 0.4) is 0 Å². The number of hydrogen-bond acceptors (Lipinski definition) is 32. The Balaban J connectivity index is 1.09. The molecule has 37 nitrogen and oxygen atoms in total. The second-order valence-corrected chi connectivity index (χ2v) is 24.8. The lowest BCUT2D eigenvalue weighted by Crippen LogP contribution is -2.40. The summed E-state index contributed by atoms with van der Waals surface area (Å²) in [4.78, 5) is 128. The third-order valence-electron chi connectivity index (χ3n) is 16.5. The van der Waals surface area contributed by atoms with E-state index >= 15 is 0 Å². The molecule has 1 N–H and O–H groups in total. The number of nitrogens with zero attached hydrogens (tertiary/aromatic N) is 5. The molecule has 0 aromatic heterocycles. The molecule has 3 heterocycles. The van der Waals surface area contributed by atoms with Crippen molar-refractivity contribution in [2.45, 2.75) is 27.7 Å². The van der Waals surface area contributed by atoms with Gasteiger partial charge in [-0.2, -0.15) is 0 Å². The zero-order valence-corrected chi connectivity index (χ0v) is 66.1. The van der Waals surface area contributed by atoms with Crippen LogP contribution in [0.4, 0.5) is 0 Å². The monoisotopic (exact) mass is 1620 g/mol. The smallest absolute Gasteiger partial charge is 0.344 e. The fourth-order valence-corrected chi connectivity index (χ4v) is 10.7. The van der Waals surface area contributed by atoms with E-state index in [2.05, 4.69) is 5.32 Å². The van der Waals surface area contributed by atoms with Crippen LogP contribution >= 0.6 is 0 Å². The maximum Gasteiger partial charge on any atom is 0.344 e. The summed E-state index contributed by atoms with van der Waals surface area (Å²) >= 11 is 0. The lowest BCUT2D eigenvalue weighted by Gasteiger charge is -2.25. The van der Waals surface area contributed by atoms with Crippen molar-refractivity contribution in [1.29, 1.82) is 0 Å².